The molecule has 2 saturated heterocycles. The molecule has 6 heteroatoms. The van der Waals surface area contributed by atoms with Gasteiger partial charge >= 0.3 is 12.0 Å². The minimum absolute atomic E-state index is 0.0199. The molecule has 0 saturated carbocycles. The molecule has 2 heterocycles. The molecule has 2 N–H and O–H groups in total. The Morgan fingerprint density at radius 1 is 1.42 bits per heavy atom. The van der Waals surface area contributed by atoms with Crippen molar-refractivity contribution in [2.45, 2.75) is 19.8 Å². The van der Waals surface area contributed by atoms with Gasteiger partial charge in [0.2, 0.25) is 0 Å². The van der Waals surface area contributed by atoms with Gasteiger partial charge in [0.25, 0.3) is 0 Å². The zero-order valence-corrected chi connectivity index (χ0v) is 11.3. The smallest absolute Gasteiger partial charge is 0.317 e. The summed E-state index contributed by atoms with van der Waals surface area (Å²) >= 11 is 0. The summed E-state index contributed by atoms with van der Waals surface area (Å²) in [7, 11) is 0. The van der Waals surface area contributed by atoms with Gasteiger partial charge in [-0.3, -0.25) is 4.79 Å². The van der Waals surface area contributed by atoms with Crippen molar-refractivity contribution in [3.8, 4) is 0 Å². The standard InChI is InChI=1S/C13H22N2O4/c1-9-6-15(7-11(9)12(16)17)13(18)14-4-2-10-3-5-19-8-10/h9-11H,2-8H2,1H3,(H,14,18)(H,16,17)/t9-,10?,11-/m1/s1. The SMILES string of the molecule is C[C@@H]1CN(C(=O)NCCC2CCOC2)C[C@H]1C(=O)O. The largest absolute Gasteiger partial charge is 0.481 e. The Morgan fingerprint density at radius 3 is 2.79 bits per heavy atom. The molecular formula is C13H22N2O4. The molecule has 1 unspecified atom stereocenters. The van der Waals surface area contributed by atoms with Crippen molar-refractivity contribution in [1.82, 2.24) is 10.2 Å². The van der Waals surface area contributed by atoms with Gasteiger partial charge in [-0.15, -0.1) is 0 Å². The molecule has 2 fully saturated rings. The van der Waals surface area contributed by atoms with Gasteiger partial charge in [0.15, 0.2) is 0 Å². The Kier molecular flexibility index (Phi) is 4.63. The number of urea groups is 1. The predicted octanol–water partition coefficient (Wildman–Crippen LogP) is 0.775. The third kappa shape index (κ3) is 3.59. The lowest BCUT2D eigenvalue weighted by atomic mass is 9.99. The topological polar surface area (TPSA) is 78.9 Å². The molecule has 2 aliphatic rings. The number of carbonyl (C=O) groups excluding carboxylic acids is 1. The van der Waals surface area contributed by atoms with Gasteiger partial charge in [-0.2, -0.15) is 0 Å². The van der Waals surface area contributed by atoms with Gasteiger partial charge in [-0.1, -0.05) is 6.92 Å². The van der Waals surface area contributed by atoms with Crippen LogP contribution in [-0.4, -0.2) is 54.9 Å². The number of nitrogens with one attached hydrogen (secondary N) is 1. The van der Waals surface area contributed by atoms with Crippen LogP contribution in [0.2, 0.25) is 0 Å². The average molecular weight is 270 g/mol. The quantitative estimate of drug-likeness (QED) is 0.791. The number of carbonyl (C=O) groups is 2. The maximum Gasteiger partial charge on any atom is 0.317 e. The van der Waals surface area contributed by atoms with Crippen LogP contribution < -0.4 is 5.32 Å². The molecule has 0 radical (unpaired) electrons. The van der Waals surface area contributed by atoms with Gasteiger partial charge in [0, 0.05) is 32.8 Å². The molecule has 0 aromatic carbocycles. The Labute approximate surface area is 113 Å². The number of likely N-dealkylation sites (tertiary alicyclic amines) is 1. The third-order valence-electron chi connectivity index (χ3n) is 4.07. The van der Waals surface area contributed by atoms with Crippen LogP contribution in [0, 0.1) is 17.8 Å². The normalized spacial score (nSPS) is 30.6. The van der Waals surface area contributed by atoms with Crippen LogP contribution in [-0.2, 0) is 9.53 Å². The van der Waals surface area contributed by atoms with E-state index in [1.807, 2.05) is 6.92 Å². The number of hydrogen-bond donors (Lipinski definition) is 2. The molecule has 108 valence electrons. The number of carboxylic acid groups (broad SMARTS) is 1. The maximum atomic E-state index is 11.9. The van der Waals surface area contributed by atoms with Crippen molar-refractivity contribution in [1.29, 1.82) is 0 Å². The highest BCUT2D eigenvalue weighted by molar-refractivity contribution is 5.77. The van der Waals surface area contributed by atoms with Crippen LogP contribution in [0.25, 0.3) is 0 Å². The minimum Gasteiger partial charge on any atom is -0.481 e. The van der Waals surface area contributed by atoms with Gasteiger partial charge in [-0.05, 0) is 24.7 Å². The summed E-state index contributed by atoms with van der Waals surface area (Å²) in [6.07, 6.45) is 2.00. The minimum atomic E-state index is -0.814. The second-order valence-electron chi connectivity index (χ2n) is 5.58. The van der Waals surface area contributed by atoms with Crippen molar-refractivity contribution in [2.24, 2.45) is 17.8 Å². The van der Waals surface area contributed by atoms with E-state index < -0.39 is 11.9 Å². The van der Waals surface area contributed by atoms with Gasteiger partial charge in [-0.25, -0.2) is 4.79 Å². The lowest BCUT2D eigenvalue weighted by Crippen LogP contribution is -2.39. The lowest BCUT2D eigenvalue weighted by molar-refractivity contribution is -0.142. The highest BCUT2D eigenvalue weighted by Gasteiger charge is 2.36. The van der Waals surface area contributed by atoms with E-state index >= 15 is 0 Å². The van der Waals surface area contributed by atoms with Crippen LogP contribution in [0.3, 0.4) is 0 Å². The summed E-state index contributed by atoms with van der Waals surface area (Å²) in [5.74, 6) is -0.684. The van der Waals surface area contributed by atoms with Gasteiger partial charge < -0.3 is 20.1 Å². The molecule has 3 atom stereocenters. The molecule has 2 aliphatic heterocycles. The molecule has 6 nitrogen and oxygen atoms in total. The average Bonchev–Trinajstić information content (AvgIpc) is 2.98. The van der Waals surface area contributed by atoms with E-state index in [9.17, 15) is 9.59 Å². The second-order valence-corrected chi connectivity index (χ2v) is 5.58. The van der Waals surface area contributed by atoms with E-state index in [1.165, 1.54) is 0 Å². The zero-order chi connectivity index (χ0) is 13.8. The maximum absolute atomic E-state index is 11.9. The van der Waals surface area contributed by atoms with Crippen molar-refractivity contribution >= 4 is 12.0 Å². The summed E-state index contributed by atoms with van der Waals surface area (Å²) in [6.45, 7) is 4.96. The van der Waals surface area contributed by atoms with E-state index in [2.05, 4.69) is 5.32 Å². The predicted molar refractivity (Wildman–Crippen MR) is 68.8 cm³/mol. The molecule has 19 heavy (non-hydrogen) atoms. The first kappa shape index (κ1) is 14.1. The summed E-state index contributed by atoms with van der Waals surface area (Å²) in [5, 5.41) is 11.9. The number of carboxylic acids is 1. The van der Waals surface area contributed by atoms with Gasteiger partial charge in [0.05, 0.1) is 5.92 Å². The molecule has 0 aromatic rings. The fourth-order valence-corrected chi connectivity index (χ4v) is 2.76. The fourth-order valence-electron chi connectivity index (χ4n) is 2.76. The number of aliphatic carboxylic acids is 1. The van der Waals surface area contributed by atoms with E-state index in [-0.39, 0.29) is 11.9 Å². The molecule has 0 aromatic heterocycles. The monoisotopic (exact) mass is 270 g/mol. The number of amides is 2. The second kappa shape index (κ2) is 6.23. The molecule has 0 spiro atoms. The highest BCUT2D eigenvalue weighted by Crippen LogP contribution is 2.23. The summed E-state index contributed by atoms with van der Waals surface area (Å²) in [6, 6.07) is -0.144. The lowest BCUT2D eigenvalue weighted by Gasteiger charge is -2.17. The van der Waals surface area contributed by atoms with Crippen LogP contribution >= 0.6 is 0 Å². The Bertz CT molecular complexity index is 342. The molecule has 2 rings (SSSR count). The van der Waals surface area contributed by atoms with Crippen molar-refractivity contribution in [2.75, 3.05) is 32.8 Å². The Hall–Kier alpha value is -1.30. The Balaban J connectivity index is 1.70. The third-order valence-corrected chi connectivity index (χ3v) is 4.07. The van der Waals surface area contributed by atoms with Crippen LogP contribution in [0.1, 0.15) is 19.8 Å². The van der Waals surface area contributed by atoms with Crippen molar-refractivity contribution < 1.29 is 19.4 Å². The highest BCUT2D eigenvalue weighted by atomic mass is 16.5. The number of hydrogen-bond acceptors (Lipinski definition) is 3. The number of rotatable bonds is 4. The van der Waals surface area contributed by atoms with E-state index in [0.29, 0.717) is 25.6 Å². The van der Waals surface area contributed by atoms with E-state index in [0.717, 1.165) is 26.1 Å². The number of nitrogens with zero attached hydrogens (tertiary/aromatic N) is 1. The van der Waals surface area contributed by atoms with E-state index in [4.69, 9.17) is 9.84 Å². The van der Waals surface area contributed by atoms with Crippen LogP contribution in [0.5, 0.6) is 0 Å². The van der Waals surface area contributed by atoms with E-state index in [1.54, 1.807) is 4.90 Å². The first-order valence-corrected chi connectivity index (χ1v) is 6.91. The summed E-state index contributed by atoms with van der Waals surface area (Å²) in [4.78, 5) is 24.5. The fraction of sp³-hybridized carbons (Fsp3) is 0.846. The van der Waals surface area contributed by atoms with Crippen molar-refractivity contribution in [3.05, 3.63) is 0 Å². The van der Waals surface area contributed by atoms with Crippen LogP contribution in [0.4, 0.5) is 4.79 Å². The first-order chi connectivity index (χ1) is 9.08. The summed E-state index contributed by atoms with van der Waals surface area (Å²) < 4.78 is 5.28. The molecular weight excluding hydrogens is 248 g/mol. The molecule has 2 amide bonds. The molecule has 0 aliphatic carbocycles. The Morgan fingerprint density at radius 2 is 2.21 bits per heavy atom. The van der Waals surface area contributed by atoms with Crippen molar-refractivity contribution in [3.63, 3.8) is 0 Å². The summed E-state index contributed by atoms with van der Waals surface area (Å²) in [5.41, 5.74) is 0. The zero-order valence-electron chi connectivity index (χ0n) is 11.3. The van der Waals surface area contributed by atoms with Crippen LogP contribution in [0.15, 0.2) is 0 Å². The van der Waals surface area contributed by atoms with Gasteiger partial charge in [0.1, 0.15) is 0 Å². The number of ether oxygens (including phenoxy) is 1. The first-order valence-electron chi connectivity index (χ1n) is 6.91. The molecule has 0 bridgehead atoms.